The minimum Gasteiger partial charge on any atom is -0.356 e. The second-order valence-corrected chi connectivity index (χ2v) is 6.16. The molecular weight excluding hydrogens is 186 g/mol. The summed E-state index contributed by atoms with van der Waals surface area (Å²) in [6.07, 6.45) is 8.13. The van der Waals surface area contributed by atoms with Crippen LogP contribution in [0.2, 0.25) is 0 Å². The molecular formula is C13H23NO. The van der Waals surface area contributed by atoms with E-state index in [1.165, 1.54) is 19.3 Å². The van der Waals surface area contributed by atoms with Crippen LogP contribution in [0, 0.1) is 10.8 Å². The maximum absolute atomic E-state index is 12.1. The highest BCUT2D eigenvalue weighted by atomic mass is 16.2. The molecule has 1 aliphatic carbocycles. The molecule has 15 heavy (non-hydrogen) atoms. The number of hydrogen-bond donors (Lipinski definition) is 1. The first-order chi connectivity index (χ1) is 7.04. The Labute approximate surface area is 92.8 Å². The fourth-order valence-corrected chi connectivity index (χ4v) is 2.97. The lowest BCUT2D eigenvalue weighted by Crippen LogP contribution is -2.43. The van der Waals surface area contributed by atoms with Gasteiger partial charge >= 0.3 is 0 Å². The van der Waals surface area contributed by atoms with Crippen molar-refractivity contribution in [1.82, 2.24) is 5.32 Å². The third kappa shape index (κ3) is 2.19. The van der Waals surface area contributed by atoms with Crippen LogP contribution in [0.15, 0.2) is 0 Å². The molecule has 0 unspecified atom stereocenters. The Bertz CT molecular complexity index is 247. The van der Waals surface area contributed by atoms with Crippen molar-refractivity contribution in [1.29, 1.82) is 0 Å². The molecule has 0 atom stereocenters. The van der Waals surface area contributed by atoms with E-state index in [4.69, 9.17) is 0 Å². The molecule has 0 bridgehead atoms. The molecule has 2 fully saturated rings. The molecule has 1 spiro atoms. The number of amides is 1. The Kier molecular flexibility index (Phi) is 2.78. The molecule has 0 radical (unpaired) electrons. The summed E-state index contributed by atoms with van der Waals surface area (Å²) in [7, 11) is 0. The number of nitrogens with one attached hydrogen (secondary N) is 1. The molecule has 0 aromatic carbocycles. The van der Waals surface area contributed by atoms with Crippen LogP contribution in [0.5, 0.6) is 0 Å². The quantitative estimate of drug-likeness (QED) is 0.653. The van der Waals surface area contributed by atoms with E-state index in [0.29, 0.717) is 11.3 Å². The summed E-state index contributed by atoms with van der Waals surface area (Å²) in [5, 5.41) is 3.09. The van der Waals surface area contributed by atoms with Gasteiger partial charge in [-0.05, 0) is 43.9 Å². The van der Waals surface area contributed by atoms with Crippen LogP contribution in [0.4, 0.5) is 0 Å². The van der Waals surface area contributed by atoms with Crippen LogP contribution >= 0.6 is 0 Å². The predicted octanol–water partition coefficient (Wildman–Crippen LogP) is 2.87. The third-order valence-electron chi connectivity index (χ3n) is 4.41. The molecule has 1 aliphatic heterocycles. The van der Waals surface area contributed by atoms with Crippen LogP contribution < -0.4 is 5.32 Å². The van der Waals surface area contributed by atoms with Crippen molar-refractivity contribution in [2.75, 3.05) is 6.54 Å². The maximum Gasteiger partial charge on any atom is 0.226 e. The van der Waals surface area contributed by atoms with E-state index in [-0.39, 0.29) is 5.41 Å². The van der Waals surface area contributed by atoms with E-state index < -0.39 is 0 Å². The molecule has 1 heterocycles. The first-order valence-electron chi connectivity index (χ1n) is 6.33. The second-order valence-electron chi connectivity index (χ2n) is 6.16. The largest absolute Gasteiger partial charge is 0.356 e. The summed E-state index contributed by atoms with van der Waals surface area (Å²) >= 11 is 0. The smallest absolute Gasteiger partial charge is 0.226 e. The first-order valence-corrected chi connectivity index (χ1v) is 6.33. The van der Waals surface area contributed by atoms with Crippen molar-refractivity contribution in [2.45, 2.75) is 58.8 Å². The van der Waals surface area contributed by atoms with Crippen LogP contribution in [0.3, 0.4) is 0 Å². The fraction of sp³-hybridized carbons (Fsp3) is 0.923. The van der Waals surface area contributed by atoms with E-state index in [1.807, 2.05) is 0 Å². The summed E-state index contributed by atoms with van der Waals surface area (Å²) in [6.45, 7) is 5.55. The average molecular weight is 209 g/mol. The zero-order valence-electron chi connectivity index (χ0n) is 10.1. The summed E-state index contributed by atoms with van der Waals surface area (Å²) < 4.78 is 0. The average Bonchev–Trinajstić information content (AvgIpc) is 2.36. The molecule has 1 N–H and O–H groups in total. The Hall–Kier alpha value is -0.530. The van der Waals surface area contributed by atoms with Crippen LogP contribution in [-0.4, -0.2) is 12.5 Å². The number of hydrogen-bond acceptors (Lipinski definition) is 1. The van der Waals surface area contributed by atoms with Crippen molar-refractivity contribution >= 4 is 5.91 Å². The monoisotopic (exact) mass is 209 g/mol. The van der Waals surface area contributed by atoms with Gasteiger partial charge in [-0.3, -0.25) is 4.79 Å². The first kappa shape index (κ1) is 11.0. The lowest BCUT2D eigenvalue weighted by Gasteiger charge is -2.41. The highest BCUT2D eigenvalue weighted by Gasteiger charge is 2.43. The van der Waals surface area contributed by atoms with Crippen molar-refractivity contribution in [3.8, 4) is 0 Å². The van der Waals surface area contributed by atoms with Gasteiger partial charge in [0.25, 0.3) is 0 Å². The van der Waals surface area contributed by atoms with Crippen molar-refractivity contribution < 1.29 is 4.79 Å². The normalized spacial score (nSPS) is 29.6. The Morgan fingerprint density at radius 3 is 2.33 bits per heavy atom. The Morgan fingerprint density at radius 2 is 1.67 bits per heavy atom. The Balaban J connectivity index is 2.09. The van der Waals surface area contributed by atoms with Crippen LogP contribution in [-0.2, 0) is 4.79 Å². The van der Waals surface area contributed by atoms with Gasteiger partial charge in [0.15, 0.2) is 0 Å². The lowest BCUT2D eigenvalue weighted by atomic mass is 9.63. The molecule has 1 saturated carbocycles. The third-order valence-corrected chi connectivity index (χ3v) is 4.41. The van der Waals surface area contributed by atoms with Gasteiger partial charge < -0.3 is 5.32 Å². The summed E-state index contributed by atoms with van der Waals surface area (Å²) in [6, 6.07) is 0. The predicted molar refractivity (Wildman–Crippen MR) is 61.5 cm³/mol. The van der Waals surface area contributed by atoms with E-state index >= 15 is 0 Å². The molecule has 0 aromatic rings. The van der Waals surface area contributed by atoms with Gasteiger partial charge in [0.1, 0.15) is 0 Å². The van der Waals surface area contributed by atoms with Gasteiger partial charge in [-0.15, -0.1) is 0 Å². The molecule has 2 aliphatic rings. The number of carbonyl (C=O) groups excluding carboxylic acids is 1. The van der Waals surface area contributed by atoms with E-state index in [9.17, 15) is 4.79 Å². The SMILES string of the molecule is CC1(C)CCC2(CCCCNC2=O)CC1. The second kappa shape index (κ2) is 3.80. The highest BCUT2D eigenvalue weighted by molar-refractivity contribution is 5.82. The minimum absolute atomic E-state index is 0.00597. The van der Waals surface area contributed by atoms with Gasteiger partial charge in [-0.2, -0.15) is 0 Å². The molecule has 2 nitrogen and oxygen atoms in total. The summed E-state index contributed by atoms with van der Waals surface area (Å²) in [5.41, 5.74) is 0.462. The van der Waals surface area contributed by atoms with Crippen LogP contribution in [0.1, 0.15) is 58.8 Å². The zero-order valence-corrected chi connectivity index (χ0v) is 10.1. The maximum atomic E-state index is 12.1. The van der Waals surface area contributed by atoms with Gasteiger partial charge in [0.05, 0.1) is 0 Å². The summed E-state index contributed by atoms with van der Waals surface area (Å²) in [5.74, 6) is 0.343. The molecule has 2 rings (SSSR count). The fourth-order valence-electron chi connectivity index (χ4n) is 2.97. The van der Waals surface area contributed by atoms with Gasteiger partial charge in [-0.1, -0.05) is 20.3 Å². The summed E-state index contributed by atoms with van der Waals surface area (Å²) in [4.78, 5) is 12.1. The van der Waals surface area contributed by atoms with Gasteiger partial charge in [0, 0.05) is 12.0 Å². The molecule has 0 aromatic heterocycles. The Morgan fingerprint density at radius 1 is 1.00 bits per heavy atom. The number of rotatable bonds is 0. The number of carbonyl (C=O) groups is 1. The van der Waals surface area contributed by atoms with Crippen molar-refractivity contribution in [2.24, 2.45) is 10.8 Å². The molecule has 2 heteroatoms. The molecule has 1 amide bonds. The van der Waals surface area contributed by atoms with Gasteiger partial charge in [0.2, 0.25) is 5.91 Å². The van der Waals surface area contributed by atoms with Crippen LogP contribution in [0.25, 0.3) is 0 Å². The topological polar surface area (TPSA) is 29.1 Å². The molecule has 86 valence electrons. The standard InChI is InChI=1S/C13H23NO/c1-12(2)6-8-13(9-7-12)5-3-4-10-14-11(13)15/h3-10H2,1-2H3,(H,14,15). The zero-order chi connectivity index (χ0) is 10.9. The van der Waals surface area contributed by atoms with Crippen molar-refractivity contribution in [3.05, 3.63) is 0 Å². The van der Waals surface area contributed by atoms with Crippen molar-refractivity contribution in [3.63, 3.8) is 0 Å². The van der Waals surface area contributed by atoms with E-state index in [2.05, 4.69) is 19.2 Å². The van der Waals surface area contributed by atoms with E-state index in [1.54, 1.807) is 0 Å². The molecule has 1 saturated heterocycles. The highest BCUT2D eigenvalue weighted by Crippen LogP contribution is 2.48. The lowest BCUT2D eigenvalue weighted by molar-refractivity contribution is -0.134. The van der Waals surface area contributed by atoms with Gasteiger partial charge in [-0.25, -0.2) is 0 Å². The minimum atomic E-state index is 0.00597. The van der Waals surface area contributed by atoms with E-state index in [0.717, 1.165) is 32.2 Å².